The molecule has 5 nitrogen and oxygen atoms in total. The standard InChI is InChI=1S/C69H112O5/c1-3-5-7-9-11-13-15-17-19-21-23-25-27-29-31-33-34-36-37-39-41-43-45-47-49-51-53-55-57-59-61-63-68(71)73-66-67(65-70)74-69(72)64-62-60-58-56-54-52-50-48-46-44-42-40-38-35-32-30-28-26-24-22-20-18-16-14-12-10-8-6-4-2/h5-8,11-14,17-20,23-26,30,32,38,40,44,46,50,52,67,70H,3-4,9-10,15-16,21-22,27-29,31,33-37,39,41-43,45,47-49,51,53-66H2,1-2H3/b7-5-,8-6-,13-11-,14-12-,19-17-,20-18-,25-23-,26-24-,32-30-,40-38-,46-44-,52-50-. The Bertz CT molecular complexity index is 1580. The molecule has 0 aliphatic carbocycles. The van der Waals surface area contributed by atoms with Gasteiger partial charge in [0.05, 0.1) is 6.61 Å². The lowest BCUT2D eigenvalue weighted by Crippen LogP contribution is -2.28. The molecule has 5 heteroatoms. The molecule has 0 radical (unpaired) electrons. The van der Waals surface area contributed by atoms with Gasteiger partial charge in [-0.15, -0.1) is 0 Å². The van der Waals surface area contributed by atoms with Gasteiger partial charge >= 0.3 is 11.9 Å². The fourth-order valence-corrected chi connectivity index (χ4v) is 8.15. The molecule has 0 amide bonds. The van der Waals surface area contributed by atoms with E-state index in [1.807, 2.05) is 0 Å². The number of carbonyl (C=O) groups excluding carboxylic acids is 2. The van der Waals surface area contributed by atoms with Crippen molar-refractivity contribution < 1.29 is 24.2 Å². The average molecular weight is 1020 g/mol. The van der Waals surface area contributed by atoms with Gasteiger partial charge in [0, 0.05) is 12.8 Å². The lowest BCUT2D eigenvalue weighted by molar-refractivity contribution is -0.161. The van der Waals surface area contributed by atoms with E-state index in [2.05, 4.69) is 160 Å². The molecule has 0 aliphatic rings. The van der Waals surface area contributed by atoms with Crippen LogP contribution in [0.15, 0.2) is 146 Å². The molecule has 0 aromatic carbocycles. The number of carbonyl (C=O) groups is 2. The number of rotatable bonds is 54. The van der Waals surface area contributed by atoms with E-state index < -0.39 is 6.10 Å². The number of hydrogen-bond acceptors (Lipinski definition) is 5. The van der Waals surface area contributed by atoms with Gasteiger partial charge in [0.1, 0.15) is 6.61 Å². The maximum Gasteiger partial charge on any atom is 0.306 e. The van der Waals surface area contributed by atoms with Crippen LogP contribution in [0.25, 0.3) is 0 Å². The predicted octanol–water partition coefficient (Wildman–Crippen LogP) is 21.0. The van der Waals surface area contributed by atoms with E-state index in [0.717, 1.165) is 128 Å². The molecule has 0 saturated carbocycles. The molecule has 1 N–H and O–H groups in total. The molecular weight excluding hydrogens is 909 g/mol. The maximum absolute atomic E-state index is 12.3. The number of aliphatic hydroxyl groups excluding tert-OH is 1. The normalized spacial score (nSPS) is 13.3. The van der Waals surface area contributed by atoms with Crippen LogP contribution < -0.4 is 0 Å². The first-order valence-corrected chi connectivity index (χ1v) is 30.4. The van der Waals surface area contributed by atoms with Crippen molar-refractivity contribution in [2.75, 3.05) is 13.2 Å². The van der Waals surface area contributed by atoms with Crippen molar-refractivity contribution in [3.8, 4) is 0 Å². The predicted molar refractivity (Wildman–Crippen MR) is 324 cm³/mol. The van der Waals surface area contributed by atoms with Crippen LogP contribution in [0.5, 0.6) is 0 Å². The van der Waals surface area contributed by atoms with E-state index >= 15 is 0 Å². The summed E-state index contributed by atoms with van der Waals surface area (Å²) in [7, 11) is 0. The Kier molecular flexibility index (Phi) is 59.5. The minimum atomic E-state index is -0.797. The molecule has 0 saturated heterocycles. The van der Waals surface area contributed by atoms with Gasteiger partial charge in [0.2, 0.25) is 0 Å². The third kappa shape index (κ3) is 60.3. The summed E-state index contributed by atoms with van der Waals surface area (Å²) in [6.07, 6.45) is 95.4. The zero-order valence-corrected chi connectivity index (χ0v) is 47.8. The summed E-state index contributed by atoms with van der Waals surface area (Å²) < 4.78 is 10.7. The van der Waals surface area contributed by atoms with Gasteiger partial charge in [-0.25, -0.2) is 0 Å². The Morgan fingerprint density at radius 2 is 0.541 bits per heavy atom. The third-order valence-corrected chi connectivity index (χ3v) is 12.6. The molecule has 0 aromatic rings. The SMILES string of the molecule is CC/C=C\C/C=C\C/C=C\C/C=C\C/C=C\C/C=C\C/C=C\C/C=C\CCCCCCC(=O)OC(CO)COC(=O)CCCCCCCCCCCCCCCCCCCC/C=C\C/C=C\C/C=C\C/C=C\CC. The number of esters is 2. The van der Waals surface area contributed by atoms with Crippen LogP contribution in [0.1, 0.15) is 258 Å². The molecule has 74 heavy (non-hydrogen) atoms. The summed E-state index contributed by atoms with van der Waals surface area (Å²) in [5.74, 6) is -0.623. The molecule has 1 unspecified atom stereocenters. The second-order valence-electron chi connectivity index (χ2n) is 19.7. The number of allylic oxidation sites excluding steroid dienone is 24. The van der Waals surface area contributed by atoms with Gasteiger partial charge in [-0.3, -0.25) is 9.59 Å². The van der Waals surface area contributed by atoms with Gasteiger partial charge in [-0.05, 0) is 116 Å². The van der Waals surface area contributed by atoms with E-state index in [1.54, 1.807) is 0 Å². The Morgan fingerprint density at radius 3 is 0.811 bits per heavy atom. The minimum absolute atomic E-state index is 0.0836. The minimum Gasteiger partial charge on any atom is -0.462 e. The van der Waals surface area contributed by atoms with Crippen molar-refractivity contribution >= 4 is 11.9 Å². The van der Waals surface area contributed by atoms with Gasteiger partial charge in [-0.2, -0.15) is 0 Å². The van der Waals surface area contributed by atoms with Gasteiger partial charge in [-0.1, -0.05) is 275 Å². The summed E-state index contributed by atoms with van der Waals surface area (Å²) in [6, 6.07) is 0. The topological polar surface area (TPSA) is 72.8 Å². The van der Waals surface area contributed by atoms with Crippen LogP contribution in [-0.4, -0.2) is 36.4 Å². The Labute approximate surface area is 457 Å². The largest absolute Gasteiger partial charge is 0.462 e. The molecule has 1 atom stereocenters. The van der Waals surface area contributed by atoms with Crippen LogP contribution >= 0.6 is 0 Å². The Balaban J connectivity index is 3.57. The lowest BCUT2D eigenvalue weighted by Gasteiger charge is -2.15. The van der Waals surface area contributed by atoms with Crippen LogP contribution in [0, 0.1) is 0 Å². The highest BCUT2D eigenvalue weighted by atomic mass is 16.6. The van der Waals surface area contributed by atoms with Crippen molar-refractivity contribution in [1.29, 1.82) is 0 Å². The lowest BCUT2D eigenvalue weighted by atomic mass is 10.0. The maximum atomic E-state index is 12.3. The number of ether oxygens (including phenoxy) is 2. The first kappa shape index (κ1) is 69.8. The van der Waals surface area contributed by atoms with Crippen molar-refractivity contribution in [2.24, 2.45) is 0 Å². The number of aliphatic hydroxyl groups is 1. The van der Waals surface area contributed by atoms with Gasteiger partial charge < -0.3 is 14.6 Å². The average Bonchev–Trinajstić information content (AvgIpc) is 3.40. The van der Waals surface area contributed by atoms with E-state index in [4.69, 9.17) is 9.47 Å². The summed E-state index contributed by atoms with van der Waals surface area (Å²) in [5, 5.41) is 9.67. The van der Waals surface area contributed by atoms with Crippen molar-refractivity contribution in [3.05, 3.63) is 146 Å². The van der Waals surface area contributed by atoms with Crippen molar-refractivity contribution in [2.45, 2.75) is 264 Å². The van der Waals surface area contributed by atoms with Crippen LogP contribution in [0.2, 0.25) is 0 Å². The zero-order chi connectivity index (χ0) is 53.4. The Hall–Kier alpha value is -4.22. The monoisotopic (exact) mass is 1020 g/mol. The quantitative estimate of drug-likeness (QED) is 0.0373. The van der Waals surface area contributed by atoms with Gasteiger partial charge in [0.15, 0.2) is 6.10 Å². The molecule has 0 aromatic heterocycles. The fraction of sp³-hybridized carbons (Fsp3) is 0.623. The molecule has 0 aliphatic heterocycles. The summed E-state index contributed by atoms with van der Waals surface area (Å²) in [6.45, 7) is 3.90. The summed E-state index contributed by atoms with van der Waals surface area (Å²) in [5.41, 5.74) is 0. The summed E-state index contributed by atoms with van der Waals surface area (Å²) in [4.78, 5) is 24.6. The highest BCUT2D eigenvalue weighted by Crippen LogP contribution is 2.16. The van der Waals surface area contributed by atoms with E-state index in [-0.39, 0.29) is 25.2 Å². The second kappa shape index (κ2) is 63.1. The molecule has 0 spiro atoms. The molecule has 0 heterocycles. The van der Waals surface area contributed by atoms with E-state index in [1.165, 1.54) is 103 Å². The van der Waals surface area contributed by atoms with Crippen molar-refractivity contribution in [3.63, 3.8) is 0 Å². The Morgan fingerprint density at radius 1 is 0.311 bits per heavy atom. The molecule has 0 bridgehead atoms. The first-order chi connectivity index (χ1) is 36.6. The van der Waals surface area contributed by atoms with Crippen LogP contribution in [0.3, 0.4) is 0 Å². The summed E-state index contributed by atoms with van der Waals surface area (Å²) >= 11 is 0. The smallest absolute Gasteiger partial charge is 0.306 e. The fourth-order valence-electron chi connectivity index (χ4n) is 8.15. The second-order valence-corrected chi connectivity index (χ2v) is 19.7. The van der Waals surface area contributed by atoms with Crippen molar-refractivity contribution in [1.82, 2.24) is 0 Å². The highest BCUT2D eigenvalue weighted by Gasteiger charge is 2.16. The highest BCUT2D eigenvalue weighted by molar-refractivity contribution is 5.70. The molecule has 0 fully saturated rings. The molecule has 0 rings (SSSR count). The van der Waals surface area contributed by atoms with Gasteiger partial charge in [0.25, 0.3) is 0 Å². The first-order valence-electron chi connectivity index (χ1n) is 30.4. The molecule has 418 valence electrons. The molecular formula is C69H112O5. The van der Waals surface area contributed by atoms with Crippen LogP contribution in [-0.2, 0) is 19.1 Å². The number of unbranched alkanes of at least 4 members (excludes halogenated alkanes) is 22. The number of hydrogen-bond donors (Lipinski definition) is 1. The van der Waals surface area contributed by atoms with E-state index in [0.29, 0.717) is 12.8 Å². The zero-order valence-electron chi connectivity index (χ0n) is 47.8. The third-order valence-electron chi connectivity index (χ3n) is 12.6. The van der Waals surface area contributed by atoms with Crippen LogP contribution in [0.4, 0.5) is 0 Å². The van der Waals surface area contributed by atoms with E-state index in [9.17, 15) is 14.7 Å².